The number of fused-ring (bicyclic) bond motifs is 1. The molecule has 2 aromatic rings. The highest BCUT2D eigenvalue weighted by atomic mass is 16.2. The first-order valence-electron chi connectivity index (χ1n) is 9.45. The third-order valence-electron chi connectivity index (χ3n) is 5.80. The van der Waals surface area contributed by atoms with Gasteiger partial charge in [-0.15, -0.1) is 0 Å². The zero-order valence-corrected chi connectivity index (χ0v) is 15.7. The molecule has 0 spiro atoms. The van der Waals surface area contributed by atoms with Gasteiger partial charge in [-0.3, -0.25) is 18.7 Å². The number of rotatable bonds is 4. The lowest BCUT2D eigenvalue weighted by Crippen LogP contribution is -2.47. The van der Waals surface area contributed by atoms with E-state index in [9.17, 15) is 14.4 Å². The van der Waals surface area contributed by atoms with Crippen molar-refractivity contribution in [3.8, 4) is 0 Å². The molecule has 1 N–H and O–H groups in total. The molecule has 6 heteroatoms. The van der Waals surface area contributed by atoms with Gasteiger partial charge in [-0.05, 0) is 37.3 Å². The van der Waals surface area contributed by atoms with Gasteiger partial charge in [-0.1, -0.05) is 38.8 Å². The van der Waals surface area contributed by atoms with Crippen LogP contribution in [0, 0.1) is 11.8 Å². The quantitative estimate of drug-likeness (QED) is 0.911. The van der Waals surface area contributed by atoms with E-state index in [1.54, 1.807) is 31.2 Å². The monoisotopic (exact) mass is 357 g/mol. The lowest BCUT2D eigenvalue weighted by molar-refractivity contribution is -0.123. The number of nitrogens with one attached hydrogen (secondary N) is 1. The fourth-order valence-corrected chi connectivity index (χ4v) is 3.98. The van der Waals surface area contributed by atoms with Crippen LogP contribution in [0.25, 0.3) is 10.9 Å². The predicted molar refractivity (Wildman–Crippen MR) is 102 cm³/mol. The average Bonchev–Trinajstić information content (AvgIpc) is 2.63. The van der Waals surface area contributed by atoms with E-state index in [2.05, 4.69) is 19.2 Å². The smallest absolute Gasteiger partial charge is 0.331 e. The molecule has 0 aliphatic heterocycles. The van der Waals surface area contributed by atoms with Crippen LogP contribution in [-0.4, -0.2) is 21.1 Å². The molecule has 1 aromatic heterocycles. The number of carbonyl (C=O) groups is 1. The van der Waals surface area contributed by atoms with Crippen LogP contribution in [0.4, 0.5) is 0 Å². The molecule has 3 atom stereocenters. The topological polar surface area (TPSA) is 73.1 Å². The molecule has 1 heterocycles. The molecule has 0 unspecified atom stereocenters. The van der Waals surface area contributed by atoms with E-state index in [0.29, 0.717) is 22.7 Å². The van der Waals surface area contributed by atoms with E-state index in [1.807, 2.05) is 0 Å². The summed E-state index contributed by atoms with van der Waals surface area (Å²) in [5, 5.41) is 3.57. The Bertz CT molecular complexity index is 928. The maximum Gasteiger partial charge on any atom is 0.331 e. The van der Waals surface area contributed by atoms with Crippen molar-refractivity contribution in [2.75, 3.05) is 0 Å². The van der Waals surface area contributed by atoms with E-state index < -0.39 is 5.69 Å². The van der Waals surface area contributed by atoms with Gasteiger partial charge in [0, 0.05) is 12.6 Å². The zero-order valence-electron chi connectivity index (χ0n) is 15.7. The number of benzene rings is 1. The molecular formula is C20H27N3O3. The Morgan fingerprint density at radius 3 is 2.62 bits per heavy atom. The molecule has 26 heavy (non-hydrogen) atoms. The molecule has 140 valence electrons. The van der Waals surface area contributed by atoms with Crippen LogP contribution < -0.4 is 16.6 Å². The van der Waals surface area contributed by atoms with Crippen LogP contribution in [0.1, 0.15) is 40.0 Å². The molecule has 0 bridgehead atoms. The molecule has 1 aromatic carbocycles. The molecule has 1 aliphatic rings. The van der Waals surface area contributed by atoms with Crippen molar-refractivity contribution in [1.82, 2.24) is 14.5 Å². The summed E-state index contributed by atoms with van der Waals surface area (Å²) in [5.41, 5.74) is -0.233. The fourth-order valence-electron chi connectivity index (χ4n) is 3.98. The van der Waals surface area contributed by atoms with Crippen LogP contribution in [0.15, 0.2) is 33.9 Å². The van der Waals surface area contributed by atoms with Crippen molar-refractivity contribution < 1.29 is 4.79 Å². The van der Waals surface area contributed by atoms with E-state index in [1.165, 1.54) is 15.6 Å². The van der Waals surface area contributed by atoms with Crippen LogP contribution in [0.3, 0.4) is 0 Å². The first-order valence-corrected chi connectivity index (χ1v) is 9.45. The Balaban J connectivity index is 1.92. The normalized spacial score (nSPS) is 23.1. The van der Waals surface area contributed by atoms with Crippen molar-refractivity contribution in [1.29, 1.82) is 0 Å². The molecule has 6 nitrogen and oxygen atoms in total. The number of amides is 1. The highest BCUT2D eigenvalue weighted by molar-refractivity contribution is 5.81. The van der Waals surface area contributed by atoms with Crippen LogP contribution in [0.2, 0.25) is 0 Å². The van der Waals surface area contributed by atoms with Crippen molar-refractivity contribution in [2.45, 2.75) is 59.2 Å². The van der Waals surface area contributed by atoms with Crippen molar-refractivity contribution in [3.05, 3.63) is 45.1 Å². The van der Waals surface area contributed by atoms with Gasteiger partial charge in [0.05, 0.1) is 10.9 Å². The van der Waals surface area contributed by atoms with Gasteiger partial charge in [-0.25, -0.2) is 4.79 Å². The van der Waals surface area contributed by atoms with Gasteiger partial charge >= 0.3 is 5.69 Å². The fraction of sp³-hybridized carbons (Fsp3) is 0.550. The number of carbonyl (C=O) groups excluding carboxylic acids is 1. The minimum absolute atomic E-state index is 0.0722. The van der Waals surface area contributed by atoms with Crippen molar-refractivity contribution in [2.24, 2.45) is 11.8 Å². The van der Waals surface area contributed by atoms with Crippen LogP contribution in [0.5, 0.6) is 0 Å². The molecule has 0 radical (unpaired) electrons. The molecular weight excluding hydrogens is 330 g/mol. The van der Waals surface area contributed by atoms with Gasteiger partial charge in [-0.2, -0.15) is 0 Å². The Hall–Kier alpha value is -2.37. The first kappa shape index (κ1) is 18.4. The van der Waals surface area contributed by atoms with E-state index in [4.69, 9.17) is 0 Å². The minimum Gasteiger partial charge on any atom is -0.352 e. The maximum absolute atomic E-state index is 12.7. The number of para-hydroxylation sites is 1. The second-order valence-electron chi connectivity index (χ2n) is 7.38. The number of hydrogen-bond acceptors (Lipinski definition) is 3. The van der Waals surface area contributed by atoms with Crippen molar-refractivity contribution >= 4 is 16.8 Å². The van der Waals surface area contributed by atoms with Crippen LogP contribution >= 0.6 is 0 Å². The van der Waals surface area contributed by atoms with Gasteiger partial charge in [0.1, 0.15) is 6.54 Å². The Labute approximate surface area is 152 Å². The third kappa shape index (κ3) is 3.32. The van der Waals surface area contributed by atoms with Crippen molar-refractivity contribution in [3.63, 3.8) is 0 Å². The zero-order chi connectivity index (χ0) is 18.8. The Kier molecular flexibility index (Phi) is 5.30. The maximum atomic E-state index is 12.7. The third-order valence-corrected chi connectivity index (χ3v) is 5.80. The summed E-state index contributed by atoms with van der Waals surface area (Å²) in [5.74, 6) is 0.829. The predicted octanol–water partition coefficient (Wildman–Crippen LogP) is 2.12. The summed E-state index contributed by atoms with van der Waals surface area (Å²) in [4.78, 5) is 37.8. The lowest BCUT2D eigenvalue weighted by Gasteiger charge is -2.34. The highest BCUT2D eigenvalue weighted by Crippen LogP contribution is 2.29. The molecule has 1 fully saturated rings. The summed E-state index contributed by atoms with van der Waals surface area (Å²) in [6.07, 6.45) is 3.28. The van der Waals surface area contributed by atoms with Gasteiger partial charge in [0.2, 0.25) is 5.91 Å². The van der Waals surface area contributed by atoms with Gasteiger partial charge in [0.15, 0.2) is 0 Å². The highest BCUT2D eigenvalue weighted by Gasteiger charge is 2.28. The van der Waals surface area contributed by atoms with Gasteiger partial charge in [0.25, 0.3) is 5.56 Å². The van der Waals surface area contributed by atoms with E-state index >= 15 is 0 Å². The standard InChI is InChI=1S/C20H27N3O3/c1-4-22-19(25)15-9-5-6-11-17(15)23(20(22)26)12-18(24)21-16-10-7-8-13(2)14(16)3/h5-6,9,11,13-14,16H,4,7-8,10,12H2,1-3H3,(H,21,24)/t13-,14+,16+/m0/s1. The molecule has 1 saturated carbocycles. The van der Waals surface area contributed by atoms with Crippen LogP contribution in [-0.2, 0) is 17.9 Å². The Morgan fingerprint density at radius 2 is 1.88 bits per heavy atom. The number of aromatic nitrogens is 2. The van der Waals surface area contributed by atoms with E-state index in [-0.39, 0.29) is 30.6 Å². The second kappa shape index (κ2) is 7.48. The molecule has 1 amide bonds. The Morgan fingerprint density at radius 1 is 1.15 bits per heavy atom. The summed E-state index contributed by atoms with van der Waals surface area (Å²) < 4.78 is 2.59. The minimum atomic E-state index is -0.434. The van der Waals surface area contributed by atoms with E-state index in [0.717, 1.165) is 12.8 Å². The number of nitrogens with zero attached hydrogens (tertiary/aromatic N) is 2. The second-order valence-corrected chi connectivity index (χ2v) is 7.38. The summed E-state index contributed by atoms with van der Waals surface area (Å²) in [6.45, 7) is 6.36. The first-order chi connectivity index (χ1) is 12.4. The largest absolute Gasteiger partial charge is 0.352 e. The summed E-state index contributed by atoms with van der Waals surface area (Å²) in [6, 6.07) is 7.10. The average molecular weight is 357 g/mol. The summed E-state index contributed by atoms with van der Waals surface area (Å²) >= 11 is 0. The SMILES string of the molecule is CCn1c(=O)c2ccccc2n(CC(=O)N[C@@H]2CCC[C@H](C)[C@H]2C)c1=O. The molecule has 3 rings (SSSR count). The summed E-state index contributed by atoms with van der Waals surface area (Å²) in [7, 11) is 0. The van der Waals surface area contributed by atoms with Gasteiger partial charge < -0.3 is 5.32 Å². The molecule has 1 aliphatic carbocycles. The lowest BCUT2D eigenvalue weighted by atomic mass is 9.78. The molecule has 0 saturated heterocycles. The number of hydrogen-bond donors (Lipinski definition) is 1.